The predicted molar refractivity (Wildman–Crippen MR) is 95.9 cm³/mol. The minimum Gasteiger partial charge on any atom is -0.358 e. The number of aromatic amines is 1. The van der Waals surface area contributed by atoms with E-state index in [-0.39, 0.29) is 17.2 Å². The van der Waals surface area contributed by atoms with Crippen molar-refractivity contribution in [3.05, 3.63) is 59.8 Å². The monoisotopic (exact) mass is 353 g/mol. The summed E-state index contributed by atoms with van der Waals surface area (Å²) in [6, 6.07) is 14.0. The zero-order valence-corrected chi connectivity index (χ0v) is 14.2. The summed E-state index contributed by atoms with van der Waals surface area (Å²) < 4.78 is 26.5. The Morgan fingerprint density at radius 3 is 2.68 bits per heavy atom. The third kappa shape index (κ3) is 2.44. The number of rotatable bonds is 3. The van der Waals surface area contributed by atoms with E-state index in [2.05, 4.69) is 9.98 Å². The standard InChI is InChI=1S/C18H15N3O3S/c1-12-18(13-6-2-3-7-14(13)20-12)16(22)10-21-11-19-15-8-4-5-9-17(15)25(21,23)24/h2-9,11,20H,10H2,1H3. The third-order valence-electron chi connectivity index (χ3n) is 4.25. The van der Waals surface area contributed by atoms with Crippen molar-refractivity contribution < 1.29 is 13.2 Å². The van der Waals surface area contributed by atoms with E-state index < -0.39 is 10.0 Å². The lowest BCUT2D eigenvalue weighted by atomic mass is 10.1. The zero-order valence-electron chi connectivity index (χ0n) is 13.4. The Kier molecular flexibility index (Phi) is 3.47. The van der Waals surface area contributed by atoms with Gasteiger partial charge in [-0.25, -0.2) is 17.7 Å². The minimum absolute atomic E-state index is 0.112. The fraction of sp³-hybridized carbons (Fsp3) is 0.111. The smallest absolute Gasteiger partial charge is 0.267 e. The molecule has 0 unspecified atom stereocenters. The van der Waals surface area contributed by atoms with Gasteiger partial charge in [0, 0.05) is 22.2 Å². The van der Waals surface area contributed by atoms with Crippen LogP contribution in [-0.2, 0) is 10.0 Å². The van der Waals surface area contributed by atoms with Gasteiger partial charge >= 0.3 is 0 Å². The molecule has 0 saturated carbocycles. The topological polar surface area (TPSA) is 82.6 Å². The first-order valence-corrected chi connectivity index (χ1v) is 9.18. The number of aliphatic imine (C=N–C) groups is 1. The summed E-state index contributed by atoms with van der Waals surface area (Å²) in [4.78, 5) is 20.2. The second-order valence-corrected chi connectivity index (χ2v) is 7.72. The average Bonchev–Trinajstić information content (AvgIpc) is 2.93. The van der Waals surface area contributed by atoms with E-state index in [1.807, 2.05) is 24.3 Å². The van der Waals surface area contributed by atoms with Crippen LogP contribution in [0.25, 0.3) is 10.9 Å². The summed E-state index contributed by atoms with van der Waals surface area (Å²) in [5.74, 6) is -0.274. The number of sulfonamides is 1. The van der Waals surface area contributed by atoms with Crippen LogP contribution in [0.15, 0.2) is 58.4 Å². The number of aromatic nitrogens is 1. The van der Waals surface area contributed by atoms with Gasteiger partial charge in [-0.1, -0.05) is 30.3 Å². The Labute approximate surface area is 144 Å². The normalized spacial score (nSPS) is 15.3. The highest BCUT2D eigenvalue weighted by Gasteiger charge is 2.31. The van der Waals surface area contributed by atoms with Crippen molar-refractivity contribution in [2.45, 2.75) is 11.8 Å². The van der Waals surface area contributed by atoms with Gasteiger partial charge in [0.2, 0.25) is 0 Å². The molecule has 1 aliphatic rings. The number of hydrogen-bond acceptors (Lipinski definition) is 4. The number of Topliss-reactive ketones (excluding diaryl/α,β-unsaturated/α-hetero) is 1. The highest BCUT2D eigenvalue weighted by molar-refractivity contribution is 7.89. The van der Waals surface area contributed by atoms with Gasteiger partial charge in [-0.05, 0) is 25.1 Å². The molecule has 3 aromatic rings. The van der Waals surface area contributed by atoms with E-state index in [1.165, 1.54) is 12.4 Å². The number of hydrogen-bond donors (Lipinski definition) is 1. The molecule has 25 heavy (non-hydrogen) atoms. The molecule has 0 saturated heterocycles. The fourth-order valence-corrected chi connectivity index (χ4v) is 4.43. The van der Waals surface area contributed by atoms with Gasteiger partial charge in [0.15, 0.2) is 5.78 Å². The van der Waals surface area contributed by atoms with Crippen molar-refractivity contribution in [2.24, 2.45) is 4.99 Å². The van der Waals surface area contributed by atoms with E-state index in [1.54, 1.807) is 25.1 Å². The summed E-state index contributed by atoms with van der Waals surface area (Å²) >= 11 is 0. The highest BCUT2D eigenvalue weighted by Crippen LogP contribution is 2.30. The second kappa shape index (κ2) is 5.56. The van der Waals surface area contributed by atoms with E-state index >= 15 is 0 Å². The van der Waals surface area contributed by atoms with Crippen molar-refractivity contribution in [3.63, 3.8) is 0 Å². The molecule has 1 aromatic heterocycles. The molecule has 6 nitrogen and oxygen atoms in total. The van der Waals surface area contributed by atoms with Gasteiger partial charge in [-0.2, -0.15) is 0 Å². The molecule has 0 fully saturated rings. The molecule has 7 heteroatoms. The maximum absolute atomic E-state index is 12.8. The lowest BCUT2D eigenvalue weighted by Gasteiger charge is -2.23. The Bertz CT molecular complexity index is 1130. The van der Waals surface area contributed by atoms with E-state index in [4.69, 9.17) is 0 Å². The lowest BCUT2D eigenvalue weighted by Crippen LogP contribution is -2.36. The van der Waals surface area contributed by atoms with Crippen molar-refractivity contribution in [1.82, 2.24) is 9.29 Å². The number of nitrogens with zero attached hydrogens (tertiary/aromatic N) is 2. The first-order valence-electron chi connectivity index (χ1n) is 7.74. The molecule has 1 N–H and O–H groups in total. The van der Waals surface area contributed by atoms with Crippen LogP contribution in [0, 0.1) is 6.92 Å². The highest BCUT2D eigenvalue weighted by atomic mass is 32.2. The number of fused-ring (bicyclic) bond motifs is 2. The number of H-pyrrole nitrogens is 1. The summed E-state index contributed by atoms with van der Waals surface area (Å²) in [7, 11) is -3.78. The van der Waals surface area contributed by atoms with Crippen molar-refractivity contribution >= 4 is 38.7 Å². The lowest BCUT2D eigenvalue weighted by molar-refractivity contribution is 0.0982. The number of benzene rings is 2. The molecule has 1 aliphatic heterocycles. The molecule has 4 rings (SSSR count). The molecule has 0 amide bonds. The van der Waals surface area contributed by atoms with Crippen LogP contribution in [-0.4, -0.2) is 36.4 Å². The van der Waals surface area contributed by atoms with Crippen LogP contribution in [0.1, 0.15) is 16.1 Å². The number of para-hydroxylation sites is 2. The number of carbonyl (C=O) groups excluding carboxylic acids is 1. The average molecular weight is 353 g/mol. The number of aryl methyl sites for hydroxylation is 1. The summed E-state index contributed by atoms with van der Waals surface area (Å²) in [6.45, 7) is 1.52. The van der Waals surface area contributed by atoms with Crippen LogP contribution in [0.3, 0.4) is 0 Å². The maximum atomic E-state index is 12.8. The Balaban J connectivity index is 1.71. The quantitative estimate of drug-likeness (QED) is 0.735. The molecular weight excluding hydrogens is 338 g/mol. The van der Waals surface area contributed by atoms with Crippen LogP contribution < -0.4 is 0 Å². The molecule has 2 aromatic carbocycles. The molecule has 2 heterocycles. The van der Waals surface area contributed by atoms with Crippen molar-refractivity contribution in [1.29, 1.82) is 0 Å². The Morgan fingerprint density at radius 1 is 1.12 bits per heavy atom. The van der Waals surface area contributed by atoms with E-state index in [0.717, 1.165) is 20.9 Å². The maximum Gasteiger partial charge on any atom is 0.267 e. The van der Waals surface area contributed by atoms with Gasteiger partial charge in [0.1, 0.15) is 11.2 Å². The van der Waals surface area contributed by atoms with Gasteiger partial charge in [-0.15, -0.1) is 0 Å². The molecule has 126 valence electrons. The van der Waals surface area contributed by atoms with Crippen LogP contribution in [0.5, 0.6) is 0 Å². The molecule has 0 aliphatic carbocycles. The second-order valence-electron chi connectivity index (χ2n) is 5.86. The fourth-order valence-electron chi connectivity index (χ4n) is 3.08. The Morgan fingerprint density at radius 2 is 1.84 bits per heavy atom. The molecule has 0 atom stereocenters. The van der Waals surface area contributed by atoms with Crippen LogP contribution >= 0.6 is 0 Å². The van der Waals surface area contributed by atoms with Crippen molar-refractivity contribution in [2.75, 3.05) is 6.54 Å². The van der Waals surface area contributed by atoms with Gasteiger partial charge < -0.3 is 4.98 Å². The third-order valence-corrected chi connectivity index (χ3v) is 5.99. The summed E-state index contributed by atoms with van der Waals surface area (Å²) in [5.41, 5.74) is 2.47. The Hall–Kier alpha value is -2.93. The molecular formula is C18H15N3O3S. The molecule has 0 bridgehead atoms. The van der Waals surface area contributed by atoms with Crippen molar-refractivity contribution in [3.8, 4) is 0 Å². The number of ketones is 1. The first kappa shape index (κ1) is 15.6. The molecule has 0 spiro atoms. The summed E-state index contributed by atoms with van der Waals surface area (Å²) in [5, 5.41) is 0.789. The number of nitrogens with one attached hydrogen (secondary N) is 1. The van der Waals surface area contributed by atoms with Crippen LogP contribution in [0.2, 0.25) is 0 Å². The van der Waals surface area contributed by atoms with Gasteiger partial charge in [-0.3, -0.25) is 4.79 Å². The van der Waals surface area contributed by atoms with Gasteiger partial charge in [0.25, 0.3) is 10.0 Å². The molecule has 0 radical (unpaired) electrons. The van der Waals surface area contributed by atoms with E-state index in [9.17, 15) is 13.2 Å². The zero-order chi connectivity index (χ0) is 17.6. The van der Waals surface area contributed by atoms with E-state index in [0.29, 0.717) is 11.3 Å². The van der Waals surface area contributed by atoms with Gasteiger partial charge in [0.05, 0.1) is 12.2 Å². The summed E-state index contributed by atoms with van der Waals surface area (Å²) in [6.07, 6.45) is 1.21. The predicted octanol–water partition coefficient (Wildman–Crippen LogP) is 3.02. The largest absolute Gasteiger partial charge is 0.358 e. The van der Waals surface area contributed by atoms with Crippen LogP contribution in [0.4, 0.5) is 5.69 Å². The SMILES string of the molecule is Cc1[nH]c2ccccc2c1C(=O)CN1C=Nc2ccccc2S1(=O)=O. The minimum atomic E-state index is -3.78. The number of carbonyl (C=O) groups is 1. The first-order chi connectivity index (χ1) is 12.0.